The Morgan fingerprint density at radius 3 is 2.21 bits per heavy atom. The third kappa shape index (κ3) is 4.77. The van der Waals surface area contributed by atoms with Gasteiger partial charge in [0.25, 0.3) is 0 Å². The van der Waals surface area contributed by atoms with Gasteiger partial charge in [-0.05, 0) is 46.8 Å². The van der Waals surface area contributed by atoms with E-state index in [0.717, 1.165) is 11.4 Å². The number of rotatable bonds is 8. The van der Waals surface area contributed by atoms with Crippen molar-refractivity contribution in [3.05, 3.63) is 48.3 Å². The maximum absolute atomic E-state index is 13.1. The molecule has 1 saturated heterocycles. The number of benzene rings is 2. The summed E-state index contributed by atoms with van der Waals surface area (Å²) in [6.07, 6.45) is 0. The quantitative estimate of drug-likeness (QED) is 0.475. The smallest absolute Gasteiger partial charge is 0.243 e. The molecule has 1 fully saturated rings. The van der Waals surface area contributed by atoms with Gasteiger partial charge in [0.05, 0.1) is 38.5 Å². The van der Waals surface area contributed by atoms with E-state index in [4.69, 9.17) is 14.2 Å². The molecule has 0 spiro atoms. The van der Waals surface area contributed by atoms with Gasteiger partial charge in [0.1, 0.15) is 5.75 Å². The fraction of sp³-hybridized carbons (Fsp3) is 0.381. The molecule has 1 aromatic heterocycles. The molecule has 176 valence electrons. The highest BCUT2D eigenvalue weighted by molar-refractivity contribution is 7.89. The summed E-state index contributed by atoms with van der Waals surface area (Å²) in [5, 5.41) is 12.1. The van der Waals surface area contributed by atoms with Gasteiger partial charge in [-0.3, -0.25) is 4.90 Å². The van der Waals surface area contributed by atoms with E-state index < -0.39 is 10.0 Å². The monoisotopic (exact) mass is 474 g/mol. The predicted octanol–water partition coefficient (Wildman–Crippen LogP) is 1.19. The SMILES string of the molecule is COc1ccc(-n2nnnc2CN2CCN(S(=O)(=O)c3ccc(OC)c(OC)c3)CC2)cc1. The van der Waals surface area contributed by atoms with Crippen LogP contribution in [0, 0.1) is 0 Å². The van der Waals surface area contributed by atoms with Crippen LogP contribution in [0.4, 0.5) is 0 Å². The van der Waals surface area contributed by atoms with E-state index in [1.54, 1.807) is 17.9 Å². The van der Waals surface area contributed by atoms with Crippen LogP contribution in [0.25, 0.3) is 5.69 Å². The predicted molar refractivity (Wildman–Crippen MR) is 119 cm³/mol. The molecule has 0 saturated carbocycles. The topological polar surface area (TPSA) is 112 Å². The number of aromatic nitrogens is 4. The second-order valence-corrected chi connectivity index (χ2v) is 9.34. The van der Waals surface area contributed by atoms with Crippen LogP contribution in [0.5, 0.6) is 17.2 Å². The van der Waals surface area contributed by atoms with Gasteiger partial charge in [0.2, 0.25) is 10.0 Å². The molecule has 0 aliphatic carbocycles. The van der Waals surface area contributed by atoms with Crippen molar-refractivity contribution in [2.45, 2.75) is 11.4 Å². The highest BCUT2D eigenvalue weighted by Gasteiger charge is 2.30. The average Bonchev–Trinajstić information content (AvgIpc) is 3.32. The number of hydrogen-bond acceptors (Lipinski definition) is 9. The number of ether oxygens (including phenoxy) is 3. The summed E-state index contributed by atoms with van der Waals surface area (Å²) >= 11 is 0. The molecule has 0 bridgehead atoms. The van der Waals surface area contributed by atoms with Gasteiger partial charge in [-0.25, -0.2) is 8.42 Å². The van der Waals surface area contributed by atoms with Crippen molar-refractivity contribution in [1.29, 1.82) is 0 Å². The molecule has 0 unspecified atom stereocenters. The summed E-state index contributed by atoms with van der Waals surface area (Å²) in [4.78, 5) is 2.31. The first-order valence-electron chi connectivity index (χ1n) is 10.3. The van der Waals surface area contributed by atoms with Crippen molar-refractivity contribution in [2.24, 2.45) is 0 Å². The van der Waals surface area contributed by atoms with Crippen molar-refractivity contribution < 1.29 is 22.6 Å². The summed E-state index contributed by atoms with van der Waals surface area (Å²) in [6.45, 7) is 2.34. The second-order valence-electron chi connectivity index (χ2n) is 7.40. The van der Waals surface area contributed by atoms with E-state index in [1.807, 2.05) is 24.3 Å². The van der Waals surface area contributed by atoms with Crippen molar-refractivity contribution in [3.63, 3.8) is 0 Å². The van der Waals surface area contributed by atoms with Gasteiger partial charge in [0.15, 0.2) is 17.3 Å². The number of piperazine rings is 1. The maximum Gasteiger partial charge on any atom is 0.243 e. The summed E-state index contributed by atoms with van der Waals surface area (Å²) in [7, 11) is 0.953. The number of sulfonamides is 1. The van der Waals surface area contributed by atoms with Gasteiger partial charge >= 0.3 is 0 Å². The molecule has 12 heteroatoms. The lowest BCUT2D eigenvalue weighted by atomic mass is 10.3. The van der Waals surface area contributed by atoms with E-state index >= 15 is 0 Å². The zero-order valence-electron chi connectivity index (χ0n) is 18.7. The Morgan fingerprint density at radius 2 is 1.58 bits per heavy atom. The molecule has 11 nitrogen and oxygen atoms in total. The van der Waals surface area contributed by atoms with Crippen LogP contribution in [0.1, 0.15) is 5.82 Å². The van der Waals surface area contributed by atoms with Crippen LogP contribution in [-0.4, -0.2) is 85.3 Å². The average molecular weight is 475 g/mol. The molecule has 4 rings (SSSR count). The molecule has 3 aromatic rings. The Bertz CT molecular complexity index is 1190. The van der Waals surface area contributed by atoms with Crippen LogP contribution in [0.15, 0.2) is 47.4 Å². The molecule has 0 radical (unpaired) electrons. The summed E-state index contributed by atoms with van der Waals surface area (Å²) in [5.74, 6) is 2.29. The minimum Gasteiger partial charge on any atom is -0.497 e. The van der Waals surface area contributed by atoms with Gasteiger partial charge in [-0.1, -0.05) is 0 Å². The van der Waals surface area contributed by atoms with Crippen molar-refractivity contribution in [1.82, 2.24) is 29.4 Å². The summed E-state index contributed by atoms with van der Waals surface area (Å²) in [5.41, 5.74) is 0.825. The molecule has 0 amide bonds. The second kappa shape index (κ2) is 9.73. The van der Waals surface area contributed by atoms with Crippen LogP contribution >= 0.6 is 0 Å². The highest BCUT2D eigenvalue weighted by Crippen LogP contribution is 2.31. The number of hydrogen-bond donors (Lipinski definition) is 0. The molecular weight excluding hydrogens is 448 g/mol. The zero-order valence-corrected chi connectivity index (χ0v) is 19.5. The zero-order chi connectivity index (χ0) is 23.4. The Labute approximate surface area is 192 Å². The molecular formula is C21H26N6O5S. The molecule has 0 atom stereocenters. The van der Waals surface area contributed by atoms with E-state index in [9.17, 15) is 8.42 Å². The van der Waals surface area contributed by atoms with E-state index in [2.05, 4.69) is 20.4 Å². The summed E-state index contributed by atoms with van der Waals surface area (Å²) in [6, 6.07) is 12.1. The lowest BCUT2D eigenvalue weighted by Gasteiger charge is -2.33. The maximum atomic E-state index is 13.1. The van der Waals surface area contributed by atoms with Crippen LogP contribution < -0.4 is 14.2 Å². The van der Waals surface area contributed by atoms with Crippen molar-refractivity contribution >= 4 is 10.0 Å². The first-order chi connectivity index (χ1) is 16.0. The lowest BCUT2D eigenvalue weighted by Crippen LogP contribution is -2.48. The van der Waals surface area contributed by atoms with Gasteiger partial charge in [0, 0.05) is 32.2 Å². The van der Waals surface area contributed by atoms with E-state index in [-0.39, 0.29) is 4.90 Å². The molecule has 1 aliphatic rings. The third-order valence-corrected chi connectivity index (χ3v) is 7.43. The normalized spacial score (nSPS) is 15.4. The van der Waals surface area contributed by atoms with E-state index in [0.29, 0.717) is 50.0 Å². The number of nitrogens with zero attached hydrogens (tertiary/aromatic N) is 6. The Hall–Kier alpha value is -3.22. The largest absolute Gasteiger partial charge is 0.497 e. The van der Waals surface area contributed by atoms with Crippen molar-refractivity contribution in [2.75, 3.05) is 47.5 Å². The molecule has 2 aromatic carbocycles. The standard InChI is InChI=1S/C21H26N6O5S/c1-30-17-6-4-16(5-7-17)27-21(22-23-24-27)15-25-10-12-26(13-11-25)33(28,29)18-8-9-19(31-2)20(14-18)32-3/h4-9,14H,10-13,15H2,1-3H3. The first kappa shape index (κ1) is 23.0. The molecule has 2 heterocycles. The first-order valence-corrected chi connectivity index (χ1v) is 11.8. The van der Waals surface area contributed by atoms with Gasteiger partial charge in [-0.15, -0.1) is 5.10 Å². The Kier molecular flexibility index (Phi) is 6.77. The van der Waals surface area contributed by atoms with Gasteiger partial charge in [-0.2, -0.15) is 8.99 Å². The van der Waals surface area contributed by atoms with Crippen LogP contribution in [0.3, 0.4) is 0 Å². The molecule has 0 N–H and O–H groups in total. The third-order valence-electron chi connectivity index (χ3n) is 5.54. The molecule has 33 heavy (non-hydrogen) atoms. The van der Waals surface area contributed by atoms with Crippen LogP contribution in [-0.2, 0) is 16.6 Å². The number of tetrazole rings is 1. The van der Waals surface area contributed by atoms with Gasteiger partial charge < -0.3 is 14.2 Å². The Balaban J connectivity index is 1.42. The van der Waals surface area contributed by atoms with Crippen LogP contribution in [0.2, 0.25) is 0 Å². The summed E-state index contributed by atoms with van der Waals surface area (Å²) < 4.78 is 45.1. The fourth-order valence-electron chi connectivity index (χ4n) is 3.68. The van der Waals surface area contributed by atoms with Crippen molar-refractivity contribution in [3.8, 4) is 22.9 Å². The lowest BCUT2D eigenvalue weighted by molar-refractivity contribution is 0.177. The number of methoxy groups -OCH3 is 3. The Morgan fingerprint density at radius 1 is 0.879 bits per heavy atom. The van der Waals surface area contributed by atoms with E-state index in [1.165, 1.54) is 30.7 Å². The minimum absolute atomic E-state index is 0.178. The minimum atomic E-state index is -3.65. The highest BCUT2D eigenvalue weighted by atomic mass is 32.2. The molecule has 1 aliphatic heterocycles. The fourth-order valence-corrected chi connectivity index (χ4v) is 5.12.